The smallest absolute Gasteiger partial charge is 0.303 e. The minimum Gasteiger partial charge on any atom is -0.481 e. The Morgan fingerprint density at radius 1 is 1.07 bits per heavy atom. The Morgan fingerprint density at radius 3 is 2.57 bits per heavy atom. The molecule has 3 N–H and O–H groups in total. The first-order valence-corrected chi connectivity index (χ1v) is 11.8. The standard InChI is InChI=1S/C24H40O4/c1-15(3-8-22(27)28)19-6-7-20-18-5-4-16-13-17(26)9-12-24(16,14-25)21(18)10-11-23(19,20)2/h15-21,25-26H,3-14H2,1-2H3,(H,27,28)/t15-,16-,17-,18+,19-,20+,21+,23-,24-/m1/s1. The molecular weight excluding hydrogens is 352 g/mol. The van der Waals surface area contributed by atoms with E-state index in [9.17, 15) is 15.0 Å². The molecule has 0 aromatic carbocycles. The fourth-order valence-electron chi connectivity index (χ4n) is 8.86. The summed E-state index contributed by atoms with van der Waals surface area (Å²) in [6, 6.07) is 0. The second kappa shape index (κ2) is 7.58. The average molecular weight is 393 g/mol. The molecule has 4 nitrogen and oxygen atoms in total. The molecule has 0 unspecified atom stereocenters. The Labute approximate surface area is 170 Å². The predicted octanol–water partition coefficient (Wildman–Crippen LogP) is 4.48. The van der Waals surface area contributed by atoms with E-state index in [0.717, 1.165) is 31.6 Å². The minimum atomic E-state index is -0.669. The van der Waals surface area contributed by atoms with Crippen molar-refractivity contribution in [2.24, 2.45) is 46.3 Å². The highest BCUT2D eigenvalue weighted by molar-refractivity contribution is 5.66. The Balaban J connectivity index is 1.53. The molecule has 4 aliphatic carbocycles. The highest BCUT2D eigenvalue weighted by Crippen LogP contribution is 2.68. The van der Waals surface area contributed by atoms with Gasteiger partial charge in [-0.2, -0.15) is 0 Å². The lowest BCUT2D eigenvalue weighted by atomic mass is 9.44. The summed E-state index contributed by atoms with van der Waals surface area (Å²) in [6.07, 6.45) is 11.1. The predicted molar refractivity (Wildman–Crippen MR) is 109 cm³/mol. The SMILES string of the molecule is C[C@H](CCC(=O)O)[C@H]1CC[C@H]2[C@@H]3CC[C@@H]4C[C@H](O)CC[C@]4(CO)[C@H]3CC[C@]12C. The Bertz CT molecular complexity index is 591. The molecule has 0 amide bonds. The van der Waals surface area contributed by atoms with Gasteiger partial charge in [-0.05, 0) is 111 Å². The Morgan fingerprint density at radius 2 is 1.86 bits per heavy atom. The van der Waals surface area contributed by atoms with E-state index in [1.54, 1.807) is 0 Å². The van der Waals surface area contributed by atoms with E-state index in [1.165, 1.54) is 38.5 Å². The maximum atomic E-state index is 11.1. The molecule has 9 atom stereocenters. The molecule has 0 aromatic heterocycles. The van der Waals surface area contributed by atoms with E-state index in [1.807, 2.05) is 0 Å². The Hall–Kier alpha value is -0.610. The number of rotatable bonds is 5. The van der Waals surface area contributed by atoms with E-state index in [2.05, 4.69) is 13.8 Å². The third-order valence-corrected chi connectivity index (χ3v) is 10.2. The van der Waals surface area contributed by atoms with Crippen LogP contribution in [-0.4, -0.2) is 34.0 Å². The maximum absolute atomic E-state index is 11.1. The van der Waals surface area contributed by atoms with Crippen LogP contribution in [0.2, 0.25) is 0 Å². The molecule has 4 fully saturated rings. The van der Waals surface area contributed by atoms with Crippen molar-refractivity contribution in [2.45, 2.75) is 90.6 Å². The fourth-order valence-corrected chi connectivity index (χ4v) is 8.86. The molecule has 0 spiro atoms. The first-order chi connectivity index (χ1) is 13.3. The number of aliphatic hydroxyl groups excluding tert-OH is 2. The van der Waals surface area contributed by atoms with Crippen molar-refractivity contribution in [2.75, 3.05) is 6.61 Å². The third-order valence-electron chi connectivity index (χ3n) is 10.2. The number of hydrogen-bond donors (Lipinski definition) is 3. The summed E-state index contributed by atoms with van der Waals surface area (Å²) in [5.41, 5.74) is 0.396. The fraction of sp³-hybridized carbons (Fsp3) is 0.958. The van der Waals surface area contributed by atoms with E-state index in [4.69, 9.17) is 5.11 Å². The van der Waals surface area contributed by atoms with Gasteiger partial charge in [0.1, 0.15) is 0 Å². The van der Waals surface area contributed by atoms with Gasteiger partial charge in [0.25, 0.3) is 0 Å². The van der Waals surface area contributed by atoms with Gasteiger partial charge in [-0.25, -0.2) is 0 Å². The molecule has 4 aliphatic rings. The van der Waals surface area contributed by atoms with Gasteiger partial charge in [0.2, 0.25) is 0 Å². The number of fused-ring (bicyclic) bond motifs is 5. The summed E-state index contributed by atoms with van der Waals surface area (Å²) in [7, 11) is 0. The zero-order chi connectivity index (χ0) is 20.1. The largest absolute Gasteiger partial charge is 0.481 e. The quantitative estimate of drug-likeness (QED) is 0.645. The molecule has 160 valence electrons. The molecule has 4 heteroatoms. The van der Waals surface area contributed by atoms with Crippen LogP contribution in [0.4, 0.5) is 0 Å². The number of carboxylic acids is 1. The molecule has 0 saturated heterocycles. The monoisotopic (exact) mass is 392 g/mol. The zero-order valence-corrected chi connectivity index (χ0v) is 17.8. The molecule has 0 heterocycles. The van der Waals surface area contributed by atoms with Gasteiger partial charge in [0.05, 0.1) is 6.10 Å². The first kappa shape index (κ1) is 20.7. The summed E-state index contributed by atoms with van der Waals surface area (Å²) in [4.78, 5) is 11.1. The van der Waals surface area contributed by atoms with Crippen LogP contribution in [0.3, 0.4) is 0 Å². The topological polar surface area (TPSA) is 77.8 Å². The molecular formula is C24H40O4. The Kier molecular flexibility index (Phi) is 5.59. The summed E-state index contributed by atoms with van der Waals surface area (Å²) in [6.45, 7) is 5.08. The lowest BCUT2D eigenvalue weighted by molar-refractivity contribution is -0.155. The molecule has 0 radical (unpaired) electrons. The number of hydrogen-bond acceptors (Lipinski definition) is 3. The molecule has 0 aliphatic heterocycles. The summed E-state index contributed by atoms with van der Waals surface area (Å²) >= 11 is 0. The van der Waals surface area contributed by atoms with Crippen LogP contribution in [0, 0.1) is 46.3 Å². The van der Waals surface area contributed by atoms with Crippen molar-refractivity contribution >= 4 is 5.97 Å². The highest BCUT2D eigenvalue weighted by atomic mass is 16.4. The molecule has 28 heavy (non-hydrogen) atoms. The van der Waals surface area contributed by atoms with E-state index < -0.39 is 5.97 Å². The van der Waals surface area contributed by atoms with Gasteiger partial charge in [-0.15, -0.1) is 0 Å². The van der Waals surface area contributed by atoms with Gasteiger partial charge < -0.3 is 15.3 Å². The lowest BCUT2D eigenvalue weighted by Crippen LogP contribution is -2.56. The zero-order valence-electron chi connectivity index (χ0n) is 17.8. The van der Waals surface area contributed by atoms with Crippen LogP contribution in [0.5, 0.6) is 0 Å². The van der Waals surface area contributed by atoms with Crippen LogP contribution in [0.15, 0.2) is 0 Å². The van der Waals surface area contributed by atoms with E-state index >= 15 is 0 Å². The van der Waals surface area contributed by atoms with E-state index in [0.29, 0.717) is 48.0 Å². The van der Waals surface area contributed by atoms with Crippen molar-refractivity contribution in [3.8, 4) is 0 Å². The summed E-state index contributed by atoms with van der Waals surface area (Å²) in [5.74, 6) is 3.03. The van der Waals surface area contributed by atoms with Gasteiger partial charge in [0.15, 0.2) is 0 Å². The normalized spacial score (nSPS) is 49.0. The van der Waals surface area contributed by atoms with Crippen molar-refractivity contribution in [3.05, 3.63) is 0 Å². The van der Waals surface area contributed by atoms with Gasteiger partial charge in [-0.3, -0.25) is 4.79 Å². The second-order valence-corrected chi connectivity index (χ2v) is 11.1. The van der Waals surface area contributed by atoms with Crippen molar-refractivity contribution < 1.29 is 20.1 Å². The number of aliphatic hydroxyl groups is 2. The van der Waals surface area contributed by atoms with Crippen molar-refractivity contribution in [1.82, 2.24) is 0 Å². The summed E-state index contributed by atoms with van der Waals surface area (Å²) < 4.78 is 0. The van der Waals surface area contributed by atoms with Crippen LogP contribution in [0.1, 0.15) is 84.5 Å². The summed E-state index contributed by atoms with van der Waals surface area (Å²) in [5, 5.41) is 29.8. The maximum Gasteiger partial charge on any atom is 0.303 e. The molecule has 0 aromatic rings. The van der Waals surface area contributed by atoms with Gasteiger partial charge in [-0.1, -0.05) is 13.8 Å². The van der Waals surface area contributed by atoms with Crippen LogP contribution < -0.4 is 0 Å². The lowest BCUT2D eigenvalue weighted by Gasteiger charge is -2.61. The second-order valence-electron chi connectivity index (χ2n) is 11.1. The minimum absolute atomic E-state index is 0.0521. The van der Waals surface area contributed by atoms with E-state index in [-0.39, 0.29) is 11.5 Å². The third kappa shape index (κ3) is 3.14. The first-order valence-electron chi connectivity index (χ1n) is 11.8. The van der Waals surface area contributed by atoms with Crippen LogP contribution in [-0.2, 0) is 4.79 Å². The average Bonchev–Trinajstić information content (AvgIpc) is 3.03. The van der Waals surface area contributed by atoms with Crippen molar-refractivity contribution in [3.63, 3.8) is 0 Å². The van der Waals surface area contributed by atoms with Gasteiger partial charge >= 0.3 is 5.97 Å². The number of carbonyl (C=O) groups is 1. The highest BCUT2D eigenvalue weighted by Gasteiger charge is 2.61. The van der Waals surface area contributed by atoms with Crippen LogP contribution >= 0.6 is 0 Å². The van der Waals surface area contributed by atoms with Gasteiger partial charge in [0, 0.05) is 13.0 Å². The van der Waals surface area contributed by atoms with Crippen molar-refractivity contribution in [1.29, 1.82) is 0 Å². The number of carboxylic acid groups (broad SMARTS) is 1. The van der Waals surface area contributed by atoms with Crippen LogP contribution in [0.25, 0.3) is 0 Å². The number of aliphatic carboxylic acids is 1. The molecule has 4 saturated carbocycles. The molecule has 4 rings (SSSR count). The molecule has 0 bridgehead atoms.